The van der Waals surface area contributed by atoms with Crippen molar-refractivity contribution in [1.82, 2.24) is 24.9 Å². The second-order valence-electron chi connectivity index (χ2n) is 5.98. The fourth-order valence-electron chi connectivity index (χ4n) is 2.68. The zero-order valence-corrected chi connectivity index (χ0v) is 13.2. The van der Waals surface area contributed by atoms with E-state index in [2.05, 4.69) is 20.4 Å². The van der Waals surface area contributed by atoms with E-state index >= 15 is 0 Å². The summed E-state index contributed by atoms with van der Waals surface area (Å²) in [6.45, 7) is 0.237. The number of carbonyl (C=O) groups excluding carboxylic acids is 1. The summed E-state index contributed by atoms with van der Waals surface area (Å²) in [4.78, 5) is 21.0. The summed E-state index contributed by atoms with van der Waals surface area (Å²) in [6, 6.07) is 6.78. The van der Waals surface area contributed by atoms with Crippen molar-refractivity contribution >= 4 is 11.6 Å². The Bertz CT molecular complexity index is 921. The van der Waals surface area contributed by atoms with Gasteiger partial charge in [-0.15, -0.1) is 0 Å². The molecule has 1 aliphatic carbocycles. The lowest BCUT2D eigenvalue weighted by atomic mass is 10.2. The Kier molecular flexibility index (Phi) is 3.87. The van der Waals surface area contributed by atoms with Gasteiger partial charge in [-0.1, -0.05) is 6.07 Å². The van der Waals surface area contributed by atoms with E-state index in [1.165, 1.54) is 12.3 Å². The van der Waals surface area contributed by atoms with Crippen LogP contribution in [0, 0.1) is 0 Å². The van der Waals surface area contributed by atoms with Crippen LogP contribution in [0.1, 0.15) is 52.6 Å². The molecule has 0 atom stereocenters. The number of rotatable bonds is 5. The van der Waals surface area contributed by atoms with Gasteiger partial charge in [0, 0.05) is 17.8 Å². The maximum absolute atomic E-state index is 13.3. The quantitative estimate of drug-likeness (QED) is 0.773. The Balaban J connectivity index is 1.66. The molecular weight excluding hydrogens is 328 g/mol. The molecule has 4 rings (SSSR count). The van der Waals surface area contributed by atoms with Gasteiger partial charge >= 0.3 is 0 Å². The van der Waals surface area contributed by atoms with E-state index in [0.717, 1.165) is 17.4 Å². The van der Waals surface area contributed by atoms with Crippen LogP contribution in [0.4, 0.5) is 8.78 Å². The summed E-state index contributed by atoms with van der Waals surface area (Å²) >= 11 is 0. The van der Waals surface area contributed by atoms with Crippen LogP contribution in [0.5, 0.6) is 0 Å². The van der Waals surface area contributed by atoms with Crippen molar-refractivity contribution in [2.75, 3.05) is 0 Å². The maximum atomic E-state index is 13.3. The fourth-order valence-corrected chi connectivity index (χ4v) is 2.68. The molecule has 6 nitrogen and oxygen atoms in total. The molecule has 3 heterocycles. The van der Waals surface area contributed by atoms with E-state index in [9.17, 15) is 13.6 Å². The molecule has 1 amide bonds. The zero-order valence-electron chi connectivity index (χ0n) is 13.2. The molecule has 1 aliphatic rings. The third-order valence-electron chi connectivity index (χ3n) is 4.14. The van der Waals surface area contributed by atoms with Crippen molar-refractivity contribution in [3.8, 4) is 0 Å². The maximum Gasteiger partial charge on any atom is 0.280 e. The van der Waals surface area contributed by atoms with Gasteiger partial charge in [0.15, 0.2) is 5.65 Å². The topological polar surface area (TPSA) is 72.2 Å². The number of amides is 1. The zero-order chi connectivity index (χ0) is 17.4. The average Bonchev–Trinajstić information content (AvgIpc) is 3.39. The first-order chi connectivity index (χ1) is 12.1. The Labute approximate surface area is 141 Å². The van der Waals surface area contributed by atoms with Gasteiger partial charge in [0.05, 0.1) is 18.4 Å². The summed E-state index contributed by atoms with van der Waals surface area (Å²) in [5, 5.41) is 6.66. The molecule has 0 saturated heterocycles. The van der Waals surface area contributed by atoms with Gasteiger partial charge in [-0.2, -0.15) is 5.10 Å². The molecule has 1 N–H and O–H groups in total. The van der Waals surface area contributed by atoms with Gasteiger partial charge in [0.25, 0.3) is 12.3 Å². The number of hydrogen-bond donors (Lipinski definition) is 1. The van der Waals surface area contributed by atoms with Crippen molar-refractivity contribution < 1.29 is 13.6 Å². The molecule has 0 unspecified atom stereocenters. The minimum Gasteiger partial charge on any atom is -0.346 e. The van der Waals surface area contributed by atoms with Crippen LogP contribution in [0.3, 0.4) is 0 Å². The number of halogens is 2. The molecule has 25 heavy (non-hydrogen) atoms. The number of pyridine rings is 1. The largest absolute Gasteiger partial charge is 0.346 e. The molecule has 128 valence electrons. The number of alkyl halides is 2. The molecule has 0 aromatic carbocycles. The summed E-state index contributed by atoms with van der Waals surface area (Å²) in [5.74, 6) is -0.219. The second kappa shape index (κ2) is 6.19. The predicted octanol–water partition coefficient (Wildman–Crippen LogP) is 2.87. The lowest BCUT2D eigenvalue weighted by molar-refractivity contribution is 0.0951. The van der Waals surface area contributed by atoms with Gasteiger partial charge < -0.3 is 5.32 Å². The number of nitrogens with zero attached hydrogens (tertiary/aromatic N) is 4. The smallest absolute Gasteiger partial charge is 0.280 e. The highest BCUT2D eigenvalue weighted by molar-refractivity contribution is 5.99. The van der Waals surface area contributed by atoms with E-state index in [4.69, 9.17) is 0 Å². The Hall–Kier alpha value is -2.90. The van der Waals surface area contributed by atoms with Crippen LogP contribution in [0.2, 0.25) is 0 Å². The van der Waals surface area contributed by atoms with Crippen LogP contribution in [0.25, 0.3) is 5.65 Å². The minimum atomic E-state index is -2.69. The molecule has 1 fully saturated rings. The van der Waals surface area contributed by atoms with E-state index < -0.39 is 12.3 Å². The average molecular weight is 343 g/mol. The third-order valence-corrected chi connectivity index (χ3v) is 4.14. The number of hydrogen-bond acceptors (Lipinski definition) is 4. The number of aromatic nitrogens is 4. The number of nitrogens with one attached hydrogen (secondary N) is 1. The van der Waals surface area contributed by atoms with E-state index in [1.807, 2.05) is 6.07 Å². The Morgan fingerprint density at radius 3 is 2.88 bits per heavy atom. The number of fused-ring (bicyclic) bond motifs is 1. The van der Waals surface area contributed by atoms with Crippen LogP contribution in [-0.2, 0) is 6.54 Å². The molecule has 1 saturated carbocycles. The van der Waals surface area contributed by atoms with Crippen molar-refractivity contribution in [2.45, 2.75) is 31.7 Å². The summed E-state index contributed by atoms with van der Waals surface area (Å²) in [5.41, 5.74) is 1.41. The first kappa shape index (κ1) is 15.6. The summed E-state index contributed by atoms with van der Waals surface area (Å²) < 4.78 is 27.7. The van der Waals surface area contributed by atoms with Crippen molar-refractivity contribution in [3.05, 3.63) is 59.3 Å². The molecule has 3 aromatic rings. The first-order valence-electron chi connectivity index (χ1n) is 7.98. The highest BCUT2D eigenvalue weighted by Gasteiger charge is 2.29. The summed E-state index contributed by atoms with van der Waals surface area (Å²) in [6.07, 6.45) is 2.09. The number of carbonyl (C=O) groups is 1. The molecule has 3 aromatic heterocycles. The SMILES string of the molecule is O=C(NCc1ccccn1)c1cnn2c(C(F)F)cc(C3CC3)nc12. The third kappa shape index (κ3) is 3.07. The Morgan fingerprint density at radius 1 is 1.36 bits per heavy atom. The molecule has 0 spiro atoms. The van der Waals surface area contributed by atoms with E-state index in [0.29, 0.717) is 11.4 Å². The van der Waals surface area contributed by atoms with Crippen molar-refractivity contribution in [2.24, 2.45) is 0 Å². The standard InChI is InChI=1S/C17H15F2N5O/c18-15(19)14-7-13(10-4-5-10)23-16-12(9-22-24(14)16)17(25)21-8-11-3-1-2-6-20-11/h1-3,6-7,9-10,15H,4-5,8H2,(H,21,25). The van der Waals surface area contributed by atoms with Crippen LogP contribution in [-0.4, -0.2) is 25.5 Å². The Morgan fingerprint density at radius 2 is 2.20 bits per heavy atom. The normalized spacial score (nSPS) is 14.2. The van der Waals surface area contributed by atoms with Gasteiger partial charge in [0.2, 0.25) is 0 Å². The fraction of sp³-hybridized carbons (Fsp3) is 0.294. The van der Waals surface area contributed by atoms with Crippen molar-refractivity contribution in [1.29, 1.82) is 0 Å². The molecule has 8 heteroatoms. The lowest BCUT2D eigenvalue weighted by Crippen LogP contribution is -2.23. The lowest BCUT2D eigenvalue weighted by Gasteiger charge is -2.08. The predicted molar refractivity (Wildman–Crippen MR) is 85.3 cm³/mol. The monoisotopic (exact) mass is 343 g/mol. The first-order valence-corrected chi connectivity index (χ1v) is 7.98. The highest BCUT2D eigenvalue weighted by Crippen LogP contribution is 2.40. The molecule has 0 bridgehead atoms. The second-order valence-corrected chi connectivity index (χ2v) is 5.98. The van der Waals surface area contributed by atoms with Crippen LogP contribution < -0.4 is 5.32 Å². The summed E-state index contributed by atoms with van der Waals surface area (Å²) in [7, 11) is 0. The van der Waals surface area contributed by atoms with Gasteiger partial charge in [-0.25, -0.2) is 18.3 Å². The highest BCUT2D eigenvalue weighted by atomic mass is 19.3. The van der Waals surface area contributed by atoms with Gasteiger partial charge in [-0.3, -0.25) is 9.78 Å². The van der Waals surface area contributed by atoms with Crippen LogP contribution in [0.15, 0.2) is 36.7 Å². The molecule has 0 radical (unpaired) electrons. The molecular formula is C17H15F2N5O. The molecule has 0 aliphatic heterocycles. The van der Waals surface area contributed by atoms with Gasteiger partial charge in [0.1, 0.15) is 11.3 Å². The van der Waals surface area contributed by atoms with Gasteiger partial charge in [-0.05, 0) is 31.0 Å². The van der Waals surface area contributed by atoms with Crippen LogP contribution >= 0.6 is 0 Å². The van der Waals surface area contributed by atoms with Crippen molar-refractivity contribution in [3.63, 3.8) is 0 Å². The minimum absolute atomic E-state index is 0.165. The van der Waals surface area contributed by atoms with E-state index in [-0.39, 0.29) is 29.4 Å². The van der Waals surface area contributed by atoms with E-state index in [1.54, 1.807) is 18.3 Å².